The predicted octanol–water partition coefficient (Wildman–Crippen LogP) is 6.03. The van der Waals surface area contributed by atoms with Crippen LogP contribution in [-0.2, 0) is 10.8 Å². The highest BCUT2D eigenvalue weighted by Gasteiger charge is 2.45. The second-order valence-corrected chi connectivity index (χ2v) is 9.61. The average molecular weight is 427 g/mol. The SMILES string of the molecule is CN(C(=O)O)c1cc2c3c(c1)[C@@](C)(c1ccccc1)CCN3CC[C@@]2(C)c1ccccc1. The lowest BCUT2D eigenvalue weighted by molar-refractivity contribution is 0.203. The third-order valence-corrected chi connectivity index (χ3v) is 7.86. The smallest absolute Gasteiger partial charge is 0.411 e. The monoisotopic (exact) mass is 426 g/mol. The van der Waals surface area contributed by atoms with Crippen LogP contribution in [0.5, 0.6) is 0 Å². The van der Waals surface area contributed by atoms with Crippen molar-refractivity contribution in [2.24, 2.45) is 0 Å². The summed E-state index contributed by atoms with van der Waals surface area (Å²) in [4.78, 5) is 15.8. The maximum Gasteiger partial charge on any atom is 0.411 e. The van der Waals surface area contributed by atoms with Gasteiger partial charge < -0.3 is 10.0 Å². The van der Waals surface area contributed by atoms with Gasteiger partial charge in [-0.25, -0.2) is 4.79 Å². The molecule has 0 unspecified atom stereocenters. The van der Waals surface area contributed by atoms with Gasteiger partial charge in [-0.15, -0.1) is 0 Å². The predicted molar refractivity (Wildman–Crippen MR) is 130 cm³/mol. The molecule has 2 heterocycles. The number of carboxylic acid groups (broad SMARTS) is 1. The largest absolute Gasteiger partial charge is 0.465 e. The fourth-order valence-corrected chi connectivity index (χ4v) is 5.64. The minimum atomic E-state index is -0.941. The summed E-state index contributed by atoms with van der Waals surface area (Å²) in [6.45, 7) is 6.64. The third-order valence-electron chi connectivity index (χ3n) is 7.86. The molecular formula is C28H30N2O2. The lowest BCUT2D eigenvalue weighted by Gasteiger charge is -2.50. The first-order chi connectivity index (χ1) is 15.3. The van der Waals surface area contributed by atoms with Crippen LogP contribution >= 0.6 is 0 Å². The van der Waals surface area contributed by atoms with E-state index < -0.39 is 6.09 Å². The van der Waals surface area contributed by atoms with E-state index in [4.69, 9.17) is 0 Å². The van der Waals surface area contributed by atoms with Gasteiger partial charge >= 0.3 is 6.09 Å². The second kappa shape index (κ2) is 7.40. The van der Waals surface area contributed by atoms with Gasteiger partial charge in [0, 0.05) is 42.3 Å². The van der Waals surface area contributed by atoms with E-state index in [-0.39, 0.29) is 10.8 Å². The van der Waals surface area contributed by atoms with E-state index in [1.54, 1.807) is 7.05 Å². The molecule has 164 valence electrons. The normalized spacial score (nSPS) is 24.0. The average Bonchev–Trinajstić information content (AvgIpc) is 2.83. The first-order valence-corrected chi connectivity index (χ1v) is 11.4. The zero-order valence-electron chi connectivity index (χ0n) is 19.0. The lowest BCUT2D eigenvalue weighted by atomic mass is 9.64. The van der Waals surface area contributed by atoms with Gasteiger partial charge in [0.2, 0.25) is 0 Å². The van der Waals surface area contributed by atoms with E-state index >= 15 is 0 Å². The van der Waals surface area contributed by atoms with Crippen LogP contribution in [0, 0.1) is 0 Å². The van der Waals surface area contributed by atoms with Crippen LogP contribution in [0.25, 0.3) is 0 Å². The fourth-order valence-electron chi connectivity index (χ4n) is 5.64. The zero-order valence-corrected chi connectivity index (χ0v) is 19.0. The number of rotatable bonds is 3. The Balaban J connectivity index is 1.81. The number of hydrogen-bond donors (Lipinski definition) is 1. The van der Waals surface area contributed by atoms with Crippen LogP contribution in [-0.4, -0.2) is 31.3 Å². The zero-order chi connectivity index (χ0) is 22.5. The minimum Gasteiger partial charge on any atom is -0.465 e. The van der Waals surface area contributed by atoms with Gasteiger partial charge in [0.25, 0.3) is 0 Å². The van der Waals surface area contributed by atoms with Crippen LogP contribution in [0.4, 0.5) is 16.2 Å². The molecule has 1 amide bonds. The Labute approximate surface area is 190 Å². The lowest BCUT2D eigenvalue weighted by Crippen LogP contribution is -2.47. The van der Waals surface area contributed by atoms with Gasteiger partial charge in [-0.2, -0.15) is 0 Å². The molecule has 0 saturated heterocycles. The molecule has 0 bridgehead atoms. The Kier molecular flexibility index (Phi) is 4.77. The molecular weight excluding hydrogens is 396 g/mol. The highest BCUT2D eigenvalue weighted by Crippen LogP contribution is 2.54. The number of anilines is 2. The van der Waals surface area contributed by atoms with Gasteiger partial charge in [-0.3, -0.25) is 4.90 Å². The van der Waals surface area contributed by atoms with Crippen molar-refractivity contribution >= 4 is 17.5 Å². The van der Waals surface area contributed by atoms with Gasteiger partial charge in [-0.05, 0) is 47.2 Å². The molecule has 1 N–H and O–H groups in total. The van der Waals surface area contributed by atoms with Crippen LogP contribution in [0.2, 0.25) is 0 Å². The van der Waals surface area contributed by atoms with E-state index in [9.17, 15) is 9.90 Å². The van der Waals surface area contributed by atoms with Crippen molar-refractivity contribution in [2.45, 2.75) is 37.5 Å². The molecule has 0 radical (unpaired) electrons. The summed E-state index contributed by atoms with van der Waals surface area (Å²) < 4.78 is 0. The molecule has 2 atom stereocenters. The van der Waals surface area contributed by atoms with Crippen molar-refractivity contribution in [1.82, 2.24) is 0 Å². The summed E-state index contributed by atoms with van der Waals surface area (Å²) in [7, 11) is 1.64. The molecule has 4 heteroatoms. The Bertz CT molecular complexity index is 1080. The van der Waals surface area contributed by atoms with Crippen molar-refractivity contribution in [3.63, 3.8) is 0 Å². The molecule has 0 spiro atoms. The molecule has 0 aromatic heterocycles. The first kappa shape index (κ1) is 20.6. The molecule has 32 heavy (non-hydrogen) atoms. The highest BCUT2D eigenvalue weighted by atomic mass is 16.4. The number of hydrogen-bond acceptors (Lipinski definition) is 2. The number of carbonyl (C=O) groups is 1. The fraction of sp³-hybridized carbons (Fsp3) is 0.321. The maximum atomic E-state index is 11.9. The second-order valence-electron chi connectivity index (χ2n) is 9.61. The van der Waals surface area contributed by atoms with Gasteiger partial charge in [0.15, 0.2) is 0 Å². The molecule has 3 aromatic rings. The van der Waals surface area contributed by atoms with E-state index in [1.807, 2.05) is 0 Å². The summed E-state index contributed by atoms with van der Waals surface area (Å²) in [5, 5.41) is 9.78. The minimum absolute atomic E-state index is 0.174. The van der Waals surface area contributed by atoms with E-state index in [1.165, 1.54) is 32.8 Å². The maximum absolute atomic E-state index is 11.9. The highest BCUT2D eigenvalue weighted by molar-refractivity contribution is 5.88. The Morgan fingerprint density at radius 2 is 1.28 bits per heavy atom. The molecule has 2 aliphatic rings. The Morgan fingerprint density at radius 3 is 1.69 bits per heavy atom. The molecule has 0 saturated carbocycles. The quantitative estimate of drug-likeness (QED) is 0.556. The van der Waals surface area contributed by atoms with Crippen molar-refractivity contribution < 1.29 is 9.90 Å². The van der Waals surface area contributed by atoms with Crippen molar-refractivity contribution in [2.75, 3.05) is 29.9 Å². The van der Waals surface area contributed by atoms with Gasteiger partial charge in [0.1, 0.15) is 0 Å². The summed E-state index contributed by atoms with van der Waals surface area (Å²) in [6.07, 6.45) is 1.07. The summed E-state index contributed by atoms with van der Waals surface area (Å²) in [5.74, 6) is 0. The Morgan fingerprint density at radius 1 is 0.844 bits per heavy atom. The van der Waals surface area contributed by atoms with Crippen LogP contribution in [0.3, 0.4) is 0 Å². The van der Waals surface area contributed by atoms with E-state index in [0.29, 0.717) is 0 Å². The van der Waals surface area contributed by atoms with Crippen LogP contribution in [0.1, 0.15) is 48.9 Å². The number of benzene rings is 3. The summed E-state index contributed by atoms with van der Waals surface area (Å²) >= 11 is 0. The van der Waals surface area contributed by atoms with Crippen molar-refractivity contribution in [3.8, 4) is 0 Å². The number of nitrogens with zero attached hydrogens (tertiary/aromatic N) is 2. The molecule has 0 fully saturated rings. The van der Waals surface area contributed by atoms with E-state index in [0.717, 1.165) is 31.6 Å². The van der Waals surface area contributed by atoms with Crippen LogP contribution in [0.15, 0.2) is 72.8 Å². The standard InChI is InChI=1S/C28H30N2O2/c1-27(20-10-6-4-7-11-20)14-16-30-17-15-28(2,21-12-8-5-9-13-21)24-19-22(29(3)26(31)32)18-23(27)25(24)30/h4-13,18-19H,14-17H2,1-3H3,(H,31,32)/t27-,28+. The molecule has 3 aromatic carbocycles. The third kappa shape index (κ3) is 3.01. The molecule has 0 aliphatic carbocycles. The van der Waals surface area contributed by atoms with Crippen LogP contribution < -0.4 is 9.80 Å². The summed E-state index contributed by atoms with van der Waals surface area (Å²) in [5.41, 5.74) is 6.71. The van der Waals surface area contributed by atoms with Gasteiger partial charge in [-0.1, -0.05) is 74.5 Å². The summed E-state index contributed by atoms with van der Waals surface area (Å²) in [6, 6.07) is 25.5. The Hall–Kier alpha value is -3.27. The van der Waals surface area contributed by atoms with Crippen molar-refractivity contribution in [1.29, 1.82) is 0 Å². The molecule has 4 nitrogen and oxygen atoms in total. The first-order valence-electron chi connectivity index (χ1n) is 11.4. The topological polar surface area (TPSA) is 43.8 Å². The van der Waals surface area contributed by atoms with Crippen molar-refractivity contribution in [3.05, 3.63) is 95.1 Å². The number of amides is 1. The molecule has 2 aliphatic heterocycles. The van der Waals surface area contributed by atoms with E-state index in [2.05, 4.69) is 91.5 Å². The molecule has 5 rings (SSSR count). The van der Waals surface area contributed by atoms with Gasteiger partial charge in [0.05, 0.1) is 0 Å².